The van der Waals surface area contributed by atoms with E-state index < -0.39 is 0 Å². The summed E-state index contributed by atoms with van der Waals surface area (Å²) in [4.78, 5) is 19.7. The summed E-state index contributed by atoms with van der Waals surface area (Å²) in [5.74, 6) is 3.80. The zero-order valence-corrected chi connectivity index (χ0v) is 24.4. The van der Waals surface area contributed by atoms with Gasteiger partial charge in [-0.05, 0) is 67.3 Å². The molecule has 5 nitrogen and oxygen atoms in total. The lowest BCUT2D eigenvalue weighted by Crippen LogP contribution is -2.26. The molecular formula is C33H37FN4OS. The van der Waals surface area contributed by atoms with Gasteiger partial charge in [0.25, 0.3) is 0 Å². The molecule has 1 unspecified atom stereocenters. The first-order chi connectivity index (χ1) is 19.4. The van der Waals surface area contributed by atoms with E-state index in [0.29, 0.717) is 13.0 Å². The van der Waals surface area contributed by atoms with Gasteiger partial charge in [-0.25, -0.2) is 9.37 Å². The van der Waals surface area contributed by atoms with Crippen LogP contribution >= 0.6 is 11.8 Å². The van der Waals surface area contributed by atoms with Crippen LogP contribution in [-0.2, 0) is 4.79 Å². The summed E-state index contributed by atoms with van der Waals surface area (Å²) in [6, 6.07) is 10.5. The van der Waals surface area contributed by atoms with Crippen LogP contribution in [0.4, 0.5) is 10.2 Å². The fourth-order valence-electron chi connectivity index (χ4n) is 4.17. The maximum absolute atomic E-state index is 13.4. The molecular weight excluding hydrogens is 519 g/mol. The molecule has 0 saturated carbocycles. The van der Waals surface area contributed by atoms with Crippen molar-refractivity contribution in [3.05, 3.63) is 112 Å². The molecule has 0 saturated heterocycles. The average molecular weight is 557 g/mol. The third-order valence-corrected chi connectivity index (χ3v) is 7.61. The zero-order chi connectivity index (χ0) is 28.9. The molecule has 1 aromatic heterocycles. The van der Waals surface area contributed by atoms with E-state index in [-0.39, 0.29) is 17.8 Å². The normalized spacial score (nSPS) is 16.2. The first-order valence-electron chi connectivity index (χ1n) is 13.3. The number of nitrogens with zero attached hydrogens (tertiary/aromatic N) is 2. The number of hydrogen-bond acceptors (Lipinski definition) is 5. The lowest BCUT2D eigenvalue weighted by molar-refractivity contribution is -0.127. The smallest absolute Gasteiger partial charge is 0.230 e. The van der Waals surface area contributed by atoms with E-state index in [1.807, 2.05) is 31.3 Å². The Labute approximate surface area is 242 Å². The van der Waals surface area contributed by atoms with Crippen LogP contribution in [0.1, 0.15) is 50.8 Å². The molecule has 0 spiro atoms. The number of nitrogens with one attached hydrogen (secondary N) is 2. The van der Waals surface area contributed by atoms with Gasteiger partial charge in [0.05, 0.1) is 6.42 Å². The van der Waals surface area contributed by atoms with E-state index in [1.165, 1.54) is 12.1 Å². The Morgan fingerprint density at radius 3 is 2.77 bits per heavy atom. The highest BCUT2D eigenvalue weighted by molar-refractivity contribution is 8.03. The summed E-state index contributed by atoms with van der Waals surface area (Å²) >= 11 is 1.73. The third kappa shape index (κ3) is 8.75. The molecule has 208 valence electrons. The molecule has 0 aliphatic carbocycles. The first kappa shape index (κ1) is 30.5. The number of carbonyl (C=O) groups excluding carboxylic acids is 1. The van der Waals surface area contributed by atoms with Gasteiger partial charge in [0.2, 0.25) is 5.91 Å². The Kier molecular flexibility index (Phi) is 11.9. The van der Waals surface area contributed by atoms with Crippen molar-refractivity contribution >= 4 is 29.2 Å². The van der Waals surface area contributed by atoms with Gasteiger partial charge in [0, 0.05) is 53.9 Å². The Bertz CT molecular complexity index is 1370. The van der Waals surface area contributed by atoms with Gasteiger partial charge in [-0.15, -0.1) is 18.2 Å². The van der Waals surface area contributed by atoms with Crippen LogP contribution in [0, 0.1) is 18.2 Å². The Hall–Kier alpha value is -4.02. The van der Waals surface area contributed by atoms with Crippen molar-refractivity contribution < 1.29 is 9.18 Å². The number of thioether (sulfide) groups is 1. The maximum Gasteiger partial charge on any atom is 0.230 e. The minimum atomic E-state index is -0.245. The van der Waals surface area contributed by atoms with Gasteiger partial charge in [-0.3, -0.25) is 4.79 Å². The zero-order valence-electron chi connectivity index (χ0n) is 23.6. The molecule has 0 bridgehead atoms. The molecule has 1 amide bonds. The van der Waals surface area contributed by atoms with E-state index in [4.69, 9.17) is 6.42 Å². The number of hydrogen-bond donors (Lipinski definition) is 2. The number of terminal acetylenes is 1. The molecule has 1 aliphatic heterocycles. The second-order valence-corrected chi connectivity index (χ2v) is 10.4. The number of halogens is 1. The summed E-state index contributed by atoms with van der Waals surface area (Å²) in [5, 5.41) is 7.11. The van der Waals surface area contributed by atoms with Crippen molar-refractivity contribution in [2.75, 3.05) is 24.7 Å². The minimum Gasteiger partial charge on any atom is -0.378 e. The molecule has 1 atom stereocenters. The lowest BCUT2D eigenvalue weighted by atomic mass is 10.0. The van der Waals surface area contributed by atoms with Gasteiger partial charge in [-0.1, -0.05) is 49.3 Å². The number of carbonyl (C=O) groups is 1. The predicted octanol–water partition coefficient (Wildman–Crippen LogP) is 7.23. The molecule has 0 radical (unpaired) electrons. The predicted molar refractivity (Wildman–Crippen MR) is 167 cm³/mol. The van der Waals surface area contributed by atoms with Crippen LogP contribution < -0.4 is 10.6 Å². The van der Waals surface area contributed by atoms with E-state index >= 15 is 0 Å². The fraction of sp³-hybridized carbons (Fsp3) is 0.273. The van der Waals surface area contributed by atoms with Crippen molar-refractivity contribution in [2.24, 2.45) is 0 Å². The van der Waals surface area contributed by atoms with Gasteiger partial charge in [0.15, 0.2) is 0 Å². The number of aromatic nitrogens is 1. The van der Waals surface area contributed by atoms with Gasteiger partial charge >= 0.3 is 0 Å². The summed E-state index contributed by atoms with van der Waals surface area (Å²) in [6.45, 7) is 6.79. The Morgan fingerprint density at radius 2 is 2.08 bits per heavy atom. The minimum absolute atomic E-state index is 0.0142. The molecule has 1 aliphatic rings. The highest BCUT2D eigenvalue weighted by atomic mass is 32.2. The SMILES string of the molecule is C#C/C=C\C=C1/CC(=O)N(C)C=C1CS/C(=C\C)CNc1ncccc1C(=CCC)NC(C)c1ccc(F)cc1. The van der Waals surface area contributed by atoms with Crippen LogP contribution in [0.2, 0.25) is 0 Å². The molecule has 2 aromatic rings. The van der Waals surface area contributed by atoms with Gasteiger partial charge in [0.1, 0.15) is 11.6 Å². The molecule has 40 heavy (non-hydrogen) atoms. The fourth-order valence-corrected chi connectivity index (χ4v) is 5.11. The molecule has 3 rings (SSSR count). The summed E-state index contributed by atoms with van der Waals surface area (Å²) in [6.07, 6.45) is 19.8. The maximum atomic E-state index is 13.4. The Morgan fingerprint density at radius 1 is 1.30 bits per heavy atom. The van der Waals surface area contributed by atoms with E-state index in [1.54, 1.807) is 54.2 Å². The standard InChI is InChI=1S/C33H37FN4OS/c1-6-9-10-13-26-20-32(39)38(5)22-27(26)23-40-29(8-3)21-36-33-30(14-11-19-35-33)31(12-7-2)37-24(4)25-15-17-28(34)18-16-25/h1,8-19,22,24,37H,7,20-21,23H2,2-5H3,(H,35,36)/b10-9-,26-13+,29-8-,31-12?. The Balaban J connectivity index is 1.71. The summed E-state index contributed by atoms with van der Waals surface area (Å²) in [7, 11) is 1.79. The monoisotopic (exact) mass is 556 g/mol. The summed E-state index contributed by atoms with van der Waals surface area (Å²) < 4.78 is 13.4. The second-order valence-electron chi connectivity index (χ2n) is 9.29. The largest absolute Gasteiger partial charge is 0.378 e. The molecule has 1 aromatic carbocycles. The van der Waals surface area contributed by atoms with Crippen molar-refractivity contribution in [3.8, 4) is 12.3 Å². The lowest BCUT2D eigenvalue weighted by Gasteiger charge is -2.24. The molecule has 2 heterocycles. The van der Waals surface area contributed by atoms with Crippen molar-refractivity contribution in [2.45, 2.75) is 39.7 Å². The quantitative estimate of drug-likeness (QED) is 0.270. The van der Waals surface area contributed by atoms with Crippen LogP contribution in [0.15, 0.2) is 95.2 Å². The number of rotatable bonds is 12. The number of anilines is 1. The average Bonchev–Trinajstić information content (AvgIpc) is 2.95. The number of pyridine rings is 1. The van der Waals surface area contributed by atoms with Crippen LogP contribution in [0.5, 0.6) is 0 Å². The summed E-state index contributed by atoms with van der Waals surface area (Å²) in [5.41, 5.74) is 5.02. The highest BCUT2D eigenvalue weighted by Gasteiger charge is 2.20. The van der Waals surface area contributed by atoms with Crippen molar-refractivity contribution in [1.82, 2.24) is 15.2 Å². The topological polar surface area (TPSA) is 57.3 Å². The molecule has 2 N–H and O–H groups in total. The van der Waals surface area contributed by atoms with Crippen LogP contribution in [0.25, 0.3) is 5.70 Å². The van der Waals surface area contributed by atoms with E-state index in [0.717, 1.165) is 50.9 Å². The van der Waals surface area contributed by atoms with Crippen molar-refractivity contribution in [1.29, 1.82) is 0 Å². The number of benzene rings is 1. The van der Waals surface area contributed by atoms with E-state index in [2.05, 4.69) is 47.5 Å². The molecule has 7 heteroatoms. The van der Waals surface area contributed by atoms with Crippen LogP contribution in [-0.4, -0.2) is 35.1 Å². The number of amides is 1. The first-order valence-corrected chi connectivity index (χ1v) is 14.3. The van der Waals surface area contributed by atoms with Gasteiger partial charge < -0.3 is 15.5 Å². The second kappa shape index (κ2) is 15.5. The third-order valence-electron chi connectivity index (χ3n) is 6.40. The van der Waals surface area contributed by atoms with Gasteiger partial charge in [-0.2, -0.15) is 0 Å². The number of allylic oxidation sites excluding steroid dienone is 5. The molecule has 0 fully saturated rings. The highest BCUT2D eigenvalue weighted by Crippen LogP contribution is 2.29. The van der Waals surface area contributed by atoms with E-state index in [9.17, 15) is 9.18 Å². The van der Waals surface area contributed by atoms with Crippen LogP contribution in [0.3, 0.4) is 0 Å². The van der Waals surface area contributed by atoms with Crippen molar-refractivity contribution in [3.63, 3.8) is 0 Å².